The molecule has 0 spiro atoms. The van der Waals surface area contributed by atoms with E-state index in [1.165, 1.54) is 0 Å². The summed E-state index contributed by atoms with van der Waals surface area (Å²) in [6.45, 7) is 0.753. The van der Waals surface area contributed by atoms with E-state index < -0.39 is 0 Å². The summed E-state index contributed by atoms with van der Waals surface area (Å²) >= 11 is 0. The summed E-state index contributed by atoms with van der Waals surface area (Å²) in [7, 11) is 3.68. The SMILES string of the molecule is CNCC1(C(=O)N(C)c2ccccn2)CC1. The lowest BCUT2D eigenvalue weighted by Gasteiger charge is -2.22. The van der Waals surface area contributed by atoms with E-state index in [-0.39, 0.29) is 11.3 Å². The van der Waals surface area contributed by atoms with Crippen LogP contribution in [0.15, 0.2) is 24.4 Å². The van der Waals surface area contributed by atoms with Crippen LogP contribution < -0.4 is 10.2 Å². The average molecular weight is 219 g/mol. The highest BCUT2D eigenvalue weighted by Crippen LogP contribution is 2.46. The van der Waals surface area contributed by atoms with Crippen LogP contribution in [0.1, 0.15) is 12.8 Å². The van der Waals surface area contributed by atoms with Crippen molar-refractivity contribution in [2.45, 2.75) is 12.8 Å². The third kappa shape index (κ3) is 1.93. The van der Waals surface area contributed by atoms with Gasteiger partial charge in [0.15, 0.2) is 0 Å². The summed E-state index contributed by atoms with van der Waals surface area (Å²) < 4.78 is 0. The first kappa shape index (κ1) is 11.1. The Morgan fingerprint density at radius 1 is 1.56 bits per heavy atom. The fourth-order valence-corrected chi connectivity index (χ4v) is 1.97. The van der Waals surface area contributed by atoms with Gasteiger partial charge in [-0.3, -0.25) is 9.69 Å². The van der Waals surface area contributed by atoms with Gasteiger partial charge in [0.1, 0.15) is 5.82 Å². The molecule has 1 heterocycles. The van der Waals surface area contributed by atoms with Gasteiger partial charge in [-0.05, 0) is 32.0 Å². The lowest BCUT2D eigenvalue weighted by Crippen LogP contribution is -2.39. The Balaban J connectivity index is 2.11. The van der Waals surface area contributed by atoms with E-state index in [0.29, 0.717) is 0 Å². The highest BCUT2D eigenvalue weighted by atomic mass is 16.2. The van der Waals surface area contributed by atoms with Crippen molar-refractivity contribution in [1.82, 2.24) is 10.3 Å². The van der Waals surface area contributed by atoms with Crippen LogP contribution in [-0.4, -0.2) is 31.5 Å². The second kappa shape index (κ2) is 4.22. The summed E-state index contributed by atoms with van der Waals surface area (Å²) in [6, 6.07) is 5.60. The number of carbonyl (C=O) groups excluding carboxylic acids is 1. The van der Waals surface area contributed by atoms with Crippen LogP contribution in [-0.2, 0) is 4.79 Å². The Morgan fingerprint density at radius 2 is 2.31 bits per heavy atom. The Morgan fingerprint density at radius 3 is 2.81 bits per heavy atom. The molecule has 1 aliphatic rings. The van der Waals surface area contributed by atoms with Gasteiger partial charge in [-0.1, -0.05) is 6.07 Å². The Bertz CT molecular complexity index is 373. The van der Waals surface area contributed by atoms with Crippen molar-refractivity contribution < 1.29 is 4.79 Å². The monoisotopic (exact) mass is 219 g/mol. The third-order valence-electron chi connectivity index (χ3n) is 3.12. The normalized spacial score (nSPS) is 16.9. The van der Waals surface area contributed by atoms with Crippen LogP contribution in [0.2, 0.25) is 0 Å². The van der Waals surface area contributed by atoms with Crippen molar-refractivity contribution >= 4 is 11.7 Å². The molecule has 0 saturated heterocycles. The Labute approximate surface area is 95.7 Å². The van der Waals surface area contributed by atoms with Gasteiger partial charge in [0.25, 0.3) is 0 Å². The molecule has 1 aromatic heterocycles. The minimum Gasteiger partial charge on any atom is -0.319 e. The number of carbonyl (C=O) groups is 1. The van der Waals surface area contributed by atoms with Gasteiger partial charge in [-0.15, -0.1) is 0 Å². The number of amides is 1. The molecule has 86 valence electrons. The predicted octanol–water partition coefficient (Wildman–Crippen LogP) is 1.04. The standard InChI is InChI=1S/C12H17N3O/c1-13-9-12(6-7-12)11(16)15(2)10-5-3-4-8-14-10/h3-5,8,13H,6-7,9H2,1-2H3. The molecule has 0 radical (unpaired) electrons. The maximum absolute atomic E-state index is 12.3. The molecule has 1 saturated carbocycles. The van der Waals surface area contributed by atoms with Crippen molar-refractivity contribution in [3.63, 3.8) is 0 Å². The van der Waals surface area contributed by atoms with Crippen LogP contribution in [0.25, 0.3) is 0 Å². The first-order valence-electron chi connectivity index (χ1n) is 5.53. The van der Waals surface area contributed by atoms with Crippen LogP contribution in [0.5, 0.6) is 0 Å². The van der Waals surface area contributed by atoms with E-state index in [0.717, 1.165) is 25.2 Å². The molecule has 16 heavy (non-hydrogen) atoms. The quantitative estimate of drug-likeness (QED) is 0.823. The van der Waals surface area contributed by atoms with Crippen LogP contribution in [0.4, 0.5) is 5.82 Å². The van der Waals surface area contributed by atoms with Gasteiger partial charge < -0.3 is 5.32 Å². The summed E-state index contributed by atoms with van der Waals surface area (Å²) in [5, 5.41) is 3.09. The van der Waals surface area contributed by atoms with Crippen molar-refractivity contribution in [2.24, 2.45) is 5.41 Å². The van der Waals surface area contributed by atoms with Crippen LogP contribution in [0, 0.1) is 5.41 Å². The van der Waals surface area contributed by atoms with Crippen LogP contribution >= 0.6 is 0 Å². The number of nitrogens with zero attached hydrogens (tertiary/aromatic N) is 2. The molecule has 0 aliphatic heterocycles. The number of nitrogens with one attached hydrogen (secondary N) is 1. The highest BCUT2D eigenvalue weighted by Gasteiger charge is 2.50. The number of aromatic nitrogens is 1. The van der Waals surface area contributed by atoms with Crippen molar-refractivity contribution in [3.8, 4) is 0 Å². The maximum atomic E-state index is 12.3. The summed E-state index contributed by atoms with van der Waals surface area (Å²) in [4.78, 5) is 18.1. The van der Waals surface area contributed by atoms with Gasteiger partial charge in [-0.2, -0.15) is 0 Å². The Hall–Kier alpha value is -1.42. The molecule has 0 unspecified atom stereocenters. The topological polar surface area (TPSA) is 45.2 Å². The fraction of sp³-hybridized carbons (Fsp3) is 0.500. The van der Waals surface area contributed by atoms with Gasteiger partial charge in [0.2, 0.25) is 5.91 Å². The van der Waals surface area contributed by atoms with Crippen molar-refractivity contribution in [1.29, 1.82) is 0 Å². The molecule has 0 atom stereocenters. The van der Waals surface area contributed by atoms with Gasteiger partial charge >= 0.3 is 0 Å². The molecular formula is C12H17N3O. The van der Waals surface area contributed by atoms with E-state index in [2.05, 4.69) is 10.3 Å². The number of anilines is 1. The third-order valence-corrected chi connectivity index (χ3v) is 3.12. The van der Waals surface area contributed by atoms with Crippen molar-refractivity contribution in [2.75, 3.05) is 25.5 Å². The first-order valence-corrected chi connectivity index (χ1v) is 5.53. The van der Waals surface area contributed by atoms with E-state index in [4.69, 9.17) is 0 Å². The molecule has 0 aromatic carbocycles. The van der Waals surface area contributed by atoms with Crippen molar-refractivity contribution in [3.05, 3.63) is 24.4 Å². The molecule has 1 aliphatic carbocycles. The van der Waals surface area contributed by atoms with E-state index in [1.54, 1.807) is 18.1 Å². The Kier molecular flexibility index (Phi) is 2.92. The van der Waals surface area contributed by atoms with Gasteiger partial charge in [0, 0.05) is 19.8 Å². The number of rotatable bonds is 4. The smallest absolute Gasteiger partial charge is 0.235 e. The number of pyridine rings is 1. The zero-order valence-electron chi connectivity index (χ0n) is 9.73. The molecule has 4 heteroatoms. The lowest BCUT2D eigenvalue weighted by atomic mass is 10.1. The van der Waals surface area contributed by atoms with Crippen LogP contribution in [0.3, 0.4) is 0 Å². The molecule has 4 nitrogen and oxygen atoms in total. The summed E-state index contributed by atoms with van der Waals surface area (Å²) in [6.07, 6.45) is 3.66. The molecule has 1 fully saturated rings. The van der Waals surface area contributed by atoms with E-state index in [1.807, 2.05) is 25.2 Å². The van der Waals surface area contributed by atoms with E-state index in [9.17, 15) is 4.79 Å². The molecule has 1 aromatic rings. The number of hydrogen-bond donors (Lipinski definition) is 1. The molecule has 2 rings (SSSR count). The zero-order valence-corrected chi connectivity index (χ0v) is 9.73. The lowest BCUT2D eigenvalue weighted by molar-refractivity contribution is -0.123. The molecule has 1 N–H and O–H groups in total. The molecular weight excluding hydrogens is 202 g/mol. The average Bonchev–Trinajstić information content (AvgIpc) is 3.10. The second-order valence-electron chi connectivity index (χ2n) is 4.36. The van der Waals surface area contributed by atoms with E-state index >= 15 is 0 Å². The number of hydrogen-bond acceptors (Lipinski definition) is 3. The predicted molar refractivity (Wildman–Crippen MR) is 63.2 cm³/mol. The van der Waals surface area contributed by atoms with Gasteiger partial charge in [-0.25, -0.2) is 4.98 Å². The molecule has 1 amide bonds. The fourth-order valence-electron chi connectivity index (χ4n) is 1.97. The first-order chi connectivity index (χ1) is 7.69. The minimum absolute atomic E-state index is 0.167. The maximum Gasteiger partial charge on any atom is 0.235 e. The van der Waals surface area contributed by atoms with Gasteiger partial charge in [0.05, 0.1) is 5.41 Å². The zero-order chi connectivity index (χ0) is 11.6. The molecule has 0 bridgehead atoms. The highest BCUT2D eigenvalue weighted by molar-refractivity contribution is 5.98. The summed E-state index contributed by atoms with van der Waals surface area (Å²) in [5.74, 6) is 0.885. The second-order valence-corrected chi connectivity index (χ2v) is 4.36. The largest absolute Gasteiger partial charge is 0.319 e. The summed E-state index contributed by atoms with van der Waals surface area (Å²) in [5.41, 5.74) is -0.180. The minimum atomic E-state index is -0.180.